The number of hydrogen-bond acceptors (Lipinski definition) is 3. The zero-order chi connectivity index (χ0) is 15.2. The van der Waals surface area contributed by atoms with Crippen molar-refractivity contribution in [2.24, 2.45) is 5.84 Å². The van der Waals surface area contributed by atoms with Crippen LogP contribution in [0.25, 0.3) is 0 Å². The van der Waals surface area contributed by atoms with Gasteiger partial charge in [0.15, 0.2) is 0 Å². The fourth-order valence-corrected chi connectivity index (χ4v) is 3.29. The molecule has 0 spiro atoms. The number of carbonyl (C=O) groups is 1. The van der Waals surface area contributed by atoms with Crippen LogP contribution in [-0.4, -0.2) is 11.7 Å². The van der Waals surface area contributed by atoms with E-state index in [2.05, 4.69) is 5.43 Å². The van der Waals surface area contributed by atoms with Gasteiger partial charge in [-0.05, 0) is 23.8 Å². The average molecular weight is 341 g/mol. The van der Waals surface area contributed by atoms with Crippen LogP contribution in [0.3, 0.4) is 0 Å². The maximum Gasteiger partial charge on any atom is 0.242 e. The van der Waals surface area contributed by atoms with E-state index in [1.807, 2.05) is 36.4 Å². The second kappa shape index (κ2) is 7.71. The first kappa shape index (κ1) is 16.2. The van der Waals surface area contributed by atoms with E-state index < -0.39 is 0 Å². The molecule has 6 heteroatoms. The van der Waals surface area contributed by atoms with Crippen LogP contribution in [0.15, 0.2) is 53.4 Å². The molecule has 1 unspecified atom stereocenters. The Morgan fingerprint density at radius 1 is 1.14 bits per heavy atom. The molecular formula is C15H14Cl2N2OS. The molecule has 0 saturated carbocycles. The molecule has 1 atom stereocenters. The molecule has 110 valence electrons. The van der Waals surface area contributed by atoms with Gasteiger partial charge in [0.2, 0.25) is 5.91 Å². The molecule has 0 fully saturated rings. The molecule has 0 aliphatic carbocycles. The summed E-state index contributed by atoms with van der Waals surface area (Å²) in [7, 11) is 0. The Morgan fingerprint density at radius 3 is 2.48 bits per heavy atom. The molecule has 3 nitrogen and oxygen atoms in total. The molecule has 0 aliphatic rings. The van der Waals surface area contributed by atoms with Crippen molar-refractivity contribution < 1.29 is 4.79 Å². The number of nitrogens with two attached hydrogens (primary N) is 1. The van der Waals surface area contributed by atoms with Gasteiger partial charge in [-0.15, -0.1) is 11.8 Å². The van der Waals surface area contributed by atoms with Gasteiger partial charge in [0.05, 0.1) is 16.0 Å². The Morgan fingerprint density at radius 2 is 1.86 bits per heavy atom. The lowest BCUT2D eigenvalue weighted by molar-refractivity contribution is -0.122. The van der Waals surface area contributed by atoms with Crippen molar-refractivity contribution in [3.05, 3.63) is 64.1 Å². The van der Waals surface area contributed by atoms with Crippen LogP contribution in [0.5, 0.6) is 0 Å². The highest BCUT2D eigenvalue weighted by atomic mass is 35.5. The van der Waals surface area contributed by atoms with Gasteiger partial charge in [0.1, 0.15) is 0 Å². The summed E-state index contributed by atoms with van der Waals surface area (Å²) in [6.45, 7) is 0. The topological polar surface area (TPSA) is 55.1 Å². The van der Waals surface area contributed by atoms with Crippen molar-refractivity contribution >= 4 is 40.9 Å². The highest BCUT2D eigenvalue weighted by Crippen LogP contribution is 2.31. The van der Waals surface area contributed by atoms with Crippen molar-refractivity contribution in [1.29, 1.82) is 0 Å². The second-order valence-electron chi connectivity index (χ2n) is 4.36. The summed E-state index contributed by atoms with van der Waals surface area (Å²) in [6, 6.07) is 14.9. The van der Waals surface area contributed by atoms with E-state index >= 15 is 0 Å². The summed E-state index contributed by atoms with van der Waals surface area (Å²) in [4.78, 5) is 12.9. The van der Waals surface area contributed by atoms with E-state index in [1.165, 1.54) is 11.8 Å². The molecule has 0 saturated heterocycles. The van der Waals surface area contributed by atoms with E-state index in [0.717, 1.165) is 10.5 Å². The Balaban J connectivity index is 2.12. The fourth-order valence-electron chi connectivity index (χ4n) is 1.86. The molecule has 2 rings (SSSR count). The number of carbonyl (C=O) groups excluding carboxylic acids is 1. The van der Waals surface area contributed by atoms with Crippen LogP contribution in [-0.2, 0) is 4.79 Å². The third kappa shape index (κ3) is 4.38. The molecule has 21 heavy (non-hydrogen) atoms. The first-order valence-electron chi connectivity index (χ1n) is 6.25. The lowest BCUT2D eigenvalue weighted by Gasteiger charge is -2.15. The van der Waals surface area contributed by atoms with Gasteiger partial charge in [-0.25, -0.2) is 5.84 Å². The van der Waals surface area contributed by atoms with Crippen molar-refractivity contribution in [3.63, 3.8) is 0 Å². The van der Waals surface area contributed by atoms with Crippen LogP contribution in [0, 0.1) is 0 Å². The zero-order valence-corrected chi connectivity index (χ0v) is 13.4. The number of amides is 1. The predicted octanol–water partition coefficient (Wildman–Crippen LogP) is 3.86. The summed E-state index contributed by atoms with van der Waals surface area (Å²) < 4.78 is 0. The van der Waals surface area contributed by atoms with Gasteiger partial charge >= 0.3 is 0 Å². The van der Waals surface area contributed by atoms with Crippen LogP contribution in [0.1, 0.15) is 11.5 Å². The highest BCUT2D eigenvalue weighted by Gasteiger charge is 2.20. The summed E-state index contributed by atoms with van der Waals surface area (Å²) in [5.41, 5.74) is 3.14. The Kier molecular flexibility index (Phi) is 5.94. The smallest absolute Gasteiger partial charge is 0.242 e. The highest BCUT2D eigenvalue weighted by molar-refractivity contribution is 7.99. The number of benzene rings is 2. The molecule has 0 radical (unpaired) electrons. The van der Waals surface area contributed by atoms with E-state index in [0.29, 0.717) is 15.8 Å². The van der Waals surface area contributed by atoms with Gasteiger partial charge in [0, 0.05) is 10.6 Å². The minimum Gasteiger partial charge on any atom is -0.294 e. The second-order valence-corrected chi connectivity index (χ2v) is 6.27. The van der Waals surface area contributed by atoms with Crippen LogP contribution in [0.2, 0.25) is 10.0 Å². The van der Waals surface area contributed by atoms with Crippen molar-refractivity contribution in [3.8, 4) is 0 Å². The van der Waals surface area contributed by atoms with Crippen LogP contribution >= 0.6 is 35.0 Å². The Bertz CT molecular complexity index is 622. The first-order valence-corrected chi connectivity index (χ1v) is 7.99. The molecule has 2 aromatic rings. The predicted molar refractivity (Wildman–Crippen MR) is 88.7 cm³/mol. The fraction of sp³-hybridized carbons (Fsp3) is 0.133. The molecule has 0 heterocycles. The van der Waals surface area contributed by atoms with Gasteiger partial charge in [-0.1, -0.05) is 53.5 Å². The molecule has 2 aromatic carbocycles. The molecule has 3 N–H and O–H groups in total. The quantitative estimate of drug-likeness (QED) is 0.376. The standard InChI is InChI=1S/C15H14Cl2N2OS/c16-13-7-6-11(8-14(13)17)21-9-12(15(20)19-18)10-4-2-1-3-5-10/h1-8,12H,9,18H2,(H,19,20). The summed E-state index contributed by atoms with van der Waals surface area (Å²) in [5.74, 6) is 5.30. The van der Waals surface area contributed by atoms with Gasteiger partial charge in [0.25, 0.3) is 0 Å². The van der Waals surface area contributed by atoms with Crippen molar-refractivity contribution in [1.82, 2.24) is 5.43 Å². The lowest BCUT2D eigenvalue weighted by atomic mass is 10.0. The van der Waals surface area contributed by atoms with Crippen molar-refractivity contribution in [2.75, 3.05) is 5.75 Å². The molecular weight excluding hydrogens is 327 g/mol. The number of hydrogen-bond donors (Lipinski definition) is 2. The van der Waals surface area contributed by atoms with E-state index in [1.54, 1.807) is 12.1 Å². The molecule has 0 bridgehead atoms. The minimum absolute atomic E-state index is 0.214. The monoisotopic (exact) mass is 340 g/mol. The average Bonchev–Trinajstić information content (AvgIpc) is 2.51. The van der Waals surface area contributed by atoms with Gasteiger partial charge in [-0.2, -0.15) is 0 Å². The Hall–Kier alpha value is -1.20. The number of rotatable bonds is 5. The van der Waals surface area contributed by atoms with Gasteiger partial charge < -0.3 is 0 Å². The van der Waals surface area contributed by atoms with E-state index in [-0.39, 0.29) is 11.8 Å². The maximum atomic E-state index is 12.0. The third-order valence-electron chi connectivity index (χ3n) is 2.97. The normalized spacial score (nSPS) is 12.0. The van der Waals surface area contributed by atoms with Crippen LogP contribution in [0.4, 0.5) is 0 Å². The minimum atomic E-state index is -0.323. The zero-order valence-electron chi connectivity index (χ0n) is 11.1. The van der Waals surface area contributed by atoms with E-state index in [4.69, 9.17) is 29.0 Å². The summed E-state index contributed by atoms with van der Waals surface area (Å²) in [6.07, 6.45) is 0. The third-order valence-corrected chi connectivity index (χ3v) is 4.79. The Labute approximate surface area is 137 Å². The van der Waals surface area contributed by atoms with Gasteiger partial charge in [-0.3, -0.25) is 10.2 Å². The number of halogens is 2. The molecule has 0 aromatic heterocycles. The summed E-state index contributed by atoms with van der Waals surface area (Å²) >= 11 is 13.4. The van der Waals surface area contributed by atoms with Crippen LogP contribution < -0.4 is 11.3 Å². The number of thioether (sulfide) groups is 1. The largest absolute Gasteiger partial charge is 0.294 e. The number of hydrazine groups is 1. The lowest BCUT2D eigenvalue weighted by Crippen LogP contribution is -2.35. The molecule has 0 aliphatic heterocycles. The van der Waals surface area contributed by atoms with E-state index in [9.17, 15) is 4.79 Å². The molecule has 1 amide bonds. The summed E-state index contributed by atoms with van der Waals surface area (Å²) in [5, 5.41) is 1.02. The van der Waals surface area contributed by atoms with Crippen molar-refractivity contribution in [2.45, 2.75) is 10.8 Å². The number of nitrogens with one attached hydrogen (secondary N) is 1. The SMILES string of the molecule is NNC(=O)C(CSc1ccc(Cl)c(Cl)c1)c1ccccc1. The first-order chi connectivity index (χ1) is 10.1. The maximum absolute atomic E-state index is 12.0.